The number of nitrogens with one attached hydrogen (secondary N) is 1. The number of carbonyl (C=O) groups excluding carboxylic acids is 1. The zero-order valence-electron chi connectivity index (χ0n) is 11.4. The second-order valence-electron chi connectivity index (χ2n) is 4.70. The van der Waals surface area contributed by atoms with Crippen LogP contribution in [0.15, 0.2) is 48.5 Å². The van der Waals surface area contributed by atoms with E-state index in [1.165, 1.54) is 6.07 Å². The third-order valence-electron chi connectivity index (χ3n) is 3.15. The average Bonchev–Trinajstić information content (AvgIpc) is 2.49. The van der Waals surface area contributed by atoms with Crippen LogP contribution in [0.2, 0.25) is 0 Å². The van der Waals surface area contributed by atoms with E-state index in [1.807, 2.05) is 30.3 Å². The minimum absolute atomic E-state index is 0.207. The number of rotatable bonds is 5. The van der Waals surface area contributed by atoms with Crippen LogP contribution in [0.25, 0.3) is 0 Å². The number of halogens is 2. The number of nitrogens with two attached hydrogens (primary N) is 1. The van der Waals surface area contributed by atoms with E-state index >= 15 is 0 Å². The quantitative estimate of drug-likeness (QED) is 0.888. The molecule has 0 heterocycles. The molecular weight excluding hydrogens is 274 g/mol. The number of benzene rings is 2. The van der Waals surface area contributed by atoms with Gasteiger partial charge < -0.3 is 11.1 Å². The van der Waals surface area contributed by atoms with Crippen LogP contribution >= 0.6 is 0 Å². The fourth-order valence-corrected chi connectivity index (χ4v) is 1.97. The lowest BCUT2D eigenvalue weighted by atomic mass is 10.1. The molecule has 0 spiro atoms. The van der Waals surface area contributed by atoms with Gasteiger partial charge in [-0.25, -0.2) is 8.78 Å². The topological polar surface area (TPSA) is 55.1 Å². The summed E-state index contributed by atoms with van der Waals surface area (Å²) in [4.78, 5) is 11.8. The van der Waals surface area contributed by atoms with Gasteiger partial charge in [0.15, 0.2) is 0 Å². The third-order valence-corrected chi connectivity index (χ3v) is 3.15. The normalized spacial score (nSPS) is 12.0. The van der Waals surface area contributed by atoms with Gasteiger partial charge in [-0.2, -0.15) is 0 Å². The molecule has 1 atom stereocenters. The van der Waals surface area contributed by atoms with E-state index in [9.17, 15) is 13.6 Å². The molecule has 0 saturated heterocycles. The Bertz CT molecular complexity index is 597. The average molecular weight is 290 g/mol. The van der Waals surface area contributed by atoms with Crippen LogP contribution in [0.5, 0.6) is 0 Å². The summed E-state index contributed by atoms with van der Waals surface area (Å²) in [5.41, 5.74) is 6.58. The summed E-state index contributed by atoms with van der Waals surface area (Å²) in [5, 5.41) is 2.59. The zero-order valence-corrected chi connectivity index (χ0v) is 11.4. The van der Waals surface area contributed by atoms with Gasteiger partial charge in [0.1, 0.15) is 11.6 Å². The van der Waals surface area contributed by atoms with Crippen molar-refractivity contribution in [1.29, 1.82) is 0 Å². The molecule has 2 rings (SSSR count). The summed E-state index contributed by atoms with van der Waals surface area (Å²) in [6, 6.07) is 12.4. The van der Waals surface area contributed by atoms with E-state index in [2.05, 4.69) is 5.32 Å². The lowest BCUT2D eigenvalue weighted by Gasteiger charge is -2.13. The van der Waals surface area contributed by atoms with Crippen molar-refractivity contribution >= 4 is 5.91 Å². The van der Waals surface area contributed by atoms with Crippen LogP contribution in [-0.4, -0.2) is 12.5 Å². The highest BCUT2D eigenvalue weighted by atomic mass is 19.1. The maximum Gasteiger partial charge on any atom is 0.224 e. The smallest absolute Gasteiger partial charge is 0.224 e. The molecule has 3 N–H and O–H groups in total. The Labute approximate surface area is 121 Å². The van der Waals surface area contributed by atoms with E-state index < -0.39 is 17.5 Å². The molecule has 0 aliphatic carbocycles. The van der Waals surface area contributed by atoms with Gasteiger partial charge in [0, 0.05) is 18.2 Å². The Hall–Kier alpha value is -2.27. The Morgan fingerprint density at radius 3 is 2.29 bits per heavy atom. The standard InChI is InChI=1S/C16H16F2N2O/c17-13-7-4-8-14(18)12(13)9-16(21)20-10-15(19)11-5-2-1-3-6-11/h1-8,15H,9-10,19H2,(H,20,21). The van der Waals surface area contributed by atoms with E-state index in [4.69, 9.17) is 5.73 Å². The molecule has 0 aromatic heterocycles. The predicted octanol–water partition coefficient (Wildman–Crippen LogP) is 2.32. The highest BCUT2D eigenvalue weighted by Gasteiger charge is 2.14. The molecule has 0 aliphatic heterocycles. The molecule has 0 fully saturated rings. The van der Waals surface area contributed by atoms with Gasteiger partial charge in [0.25, 0.3) is 0 Å². The largest absolute Gasteiger partial charge is 0.354 e. The van der Waals surface area contributed by atoms with Crippen molar-refractivity contribution < 1.29 is 13.6 Å². The summed E-state index contributed by atoms with van der Waals surface area (Å²) < 4.78 is 26.9. The van der Waals surface area contributed by atoms with Crippen LogP contribution in [-0.2, 0) is 11.2 Å². The van der Waals surface area contributed by atoms with Crippen molar-refractivity contribution in [3.63, 3.8) is 0 Å². The van der Waals surface area contributed by atoms with Crippen LogP contribution in [0.3, 0.4) is 0 Å². The van der Waals surface area contributed by atoms with Crippen LogP contribution in [0.1, 0.15) is 17.2 Å². The van der Waals surface area contributed by atoms with Gasteiger partial charge in [-0.15, -0.1) is 0 Å². The molecule has 0 aliphatic rings. The molecule has 0 bridgehead atoms. The van der Waals surface area contributed by atoms with Gasteiger partial charge >= 0.3 is 0 Å². The fourth-order valence-electron chi connectivity index (χ4n) is 1.97. The molecule has 0 saturated carbocycles. The molecule has 21 heavy (non-hydrogen) atoms. The number of amides is 1. The number of carbonyl (C=O) groups is 1. The summed E-state index contributed by atoms with van der Waals surface area (Å²) in [7, 11) is 0. The highest BCUT2D eigenvalue weighted by Crippen LogP contribution is 2.13. The fraction of sp³-hybridized carbons (Fsp3) is 0.188. The highest BCUT2D eigenvalue weighted by molar-refractivity contribution is 5.78. The van der Waals surface area contributed by atoms with Crippen molar-refractivity contribution in [2.45, 2.75) is 12.5 Å². The zero-order chi connectivity index (χ0) is 15.2. The first-order valence-corrected chi connectivity index (χ1v) is 6.58. The van der Waals surface area contributed by atoms with Crippen molar-refractivity contribution in [2.24, 2.45) is 5.73 Å². The first kappa shape index (κ1) is 15.1. The SMILES string of the molecule is NC(CNC(=O)Cc1c(F)cccc1F)c1ccccc1. The second-order valence-corrected chi connectivity index (χ2v) is 4.70. The molecule has 3 nitrogen and oxygen atoms in total. The Morgan fingerprint density at radius 2 is 1.67 bits per heavy atom. The van der Waals surface area contributed by atoms with E-state index in [0.717, 1.165) is 17.7 Å². The van der Waals surface area contributed by atoms with E-state index in [0.29, 0.717) is 0 Å². The van der Waals surface area contributed by atoms with Gasteiger partial charge in [-0.3, -0.25) is 4.79 Å². The summed E-state index contributed by atoms with van der Waals surface area (Å²) in [5.74, 6) is -1.92. The van der Waals surface area contributed by atoms with Gasteiger partial charge in [-0.05, 0) is 17.7 Å². The summed E-state index contributed by atoms with van der Waals surface area (Å²) >= 11 is 0. The minimum Gasteiger partial charge on any atom is -0.354 e. The first-order chi connectivity index (χ1) is 10.1. The van der Waals surface area contributed by atoms with E-state index in [-0.39, 0.29) is 24.6 Å². The summed E-state index contributed by atoms with van der Waals surface area (Å²) in [6.45, 7) is 0.207. The van der Waals surface area contributed by atoms with Crippen LogP contribution < -0.4 is 11.1 Å². The minimum atomic E-state index is -0.725. The van der Waals surface area contributed by atoms with Crippen molar-refractivity contribution in [3.8, 4) is 0 Å². The molecule has 0 radical (unpaired) electrons. The Balaban J connectivity index is 1.91. The van der Waals surface area contributed by atoms with Crippen molar-refractivity contribution in [2.75, 3.05) is 6.54 Å². The molecular formula is C16H16F2N2O. The lowest BCUT2D eigenvalue weighted by Crippen LogP contribution is -2.33. The molecule has 1 amide bonds. The Kier molecular flexibility index (Phi) is 5.00. The maximum atomic E-state index is 13.4. The van der Waals surface area contributed by atoms with Crippen molar-refractivity contribution in [3.05, 3.63) is 71.3 Å². The molecule has 1 unspecified atom stereocenters. The first-order valence-electron chi connectivity index (χ1n) is 6.58. The molecule has 2 aromatic rings. The molecule has 2 aromatic carbocycles. The monoisotopic (exact) mass is 290 g/mol. The number of hydrogen-bond acceptors (Lipinski definition) is 2. The molecule has 5 heteroatoms. The Morgan fingerprint density at radius 1 is 1.05 bits per heavy atom. The lowest BCUT2D eigenvalue weighted by molar-refractivity contribution is -0.120. The maximum absolute atomic E-state index is 13.4. The van der Waals surface area contributed by atoms with Gasteiger partial charge in [0.05, 0.1) is 6.42 Å². The predicted molar refractivity (Wildman–Crippen MR) is 76.4 cm³/mol. The van der Waals surface area contributed by atoms with Gasteiger partial charge in [-0.1, -0.05) is 36.4 Å². The van der Waals surface area contributed by atoms with E-state index in [1.54, 1.807) is 0 Å². The van der Waals surface area contributed by atoms with Gasteiger partial charge in [0.2, 0.25) is 5.91 Å². The van der Waals surface area contributed by atoms with Crippen molar-refractivity contribution in [1.82, 2.24) is 5.32 Å². The van der Waals surface area contributed by atoms with Crippen LogP contribution in [0, 0.1) is 11.6 Å². The second kappa shape index (κ2) is 6.95. The summed E-state index contributed by atoms with van der Waals surface area (Å²) in [6.07, 6.45) is -0.347. The van der Waals surface area contributed by atoms with Crippen LogP contribution in [0.4, 0.5) is 8.78 Å². The molecule has 110 valence electrons. The number of hydrogen-bond donors (Lipinski definition) is 2. The third kappa shape index (κ3) is 4.10.